The molecule has 2 N–H and O–H groups in total. The zero-order valence-electron chi connectivity index (χ0n) is 12.9. The first-order chi connectivity index (χ1) is 11.7. The Bertz CT molecular complexity index is 941. The largest absolute Gasteiger partial charge is 0.490 e. The maximum absolute atomic E-state index is 11.7. The Morgan fingerprint density at radius 3 is 2.75 bits per heavy atom. The zero-order chi connectivity index (χ0) is 17.1. The van der Waals surface area contributed by atoms with Gasteiger partial charge < -0.3 is 15.0 Å². The van der Waals surface area contributed by atoms with Crippen LogP contribution in [-0.4, -0.2) is 23.4 Å². The Morgan fingerprint density at radius 2 is 2.04 bits per heavy atom. The molecule has 2 aromatic carbocycles. The average molecular weight is 320 g/mol. The Morgan fingerprint density at radius 1 is 1.25 bits per heavy atom. The van der Waals surface area contributed by atoms with Gasteiger partial charge in [0.1, 0.15) is 12.4 Å². The number of carbonyl (C=O) groups is 2. The topological polar surface area (TPSA) is 74.3 Å². The van der Waals surface area contributed by atoms with Crippen LogP contribution in [0.4, 0.5) is 0 Å². The molecule has 1 heterocycles. The lowest BCUT2D eigenvalue weighted by molar-refractivity contribution is 0.1000. The van der Waals surface area contributed by atoms with Crippen LogP contribution in [0.25, 0.3) is 16.6 Å². The smallest absolute Gasteiger partial charge is 0.250 e. The van der Waals surface area contributed by atoms with E-state index in [1.54, 1.807) is 41.1 Å². The molecule has 5 heteroatoms. The third-order valence-electron chi connectivity index (χ3n) is 3.73. The summed E-state index contributed by atoms with van der Waals surface area (Å²) in [7, 11) is 0. The summed E-state index contributed by atoms with van der Waals surface area (Å²) in [5.74, 6) is 0.123. The van der Waals surface area contributed by atoms with Gasteiger partial charge in [0.2, 0.25) is 0 Å². The molecule has 120 valence electrons. The molecule has 0 saturated carbocycles. The van der Waals surface area contributed by atoms with Crippen molar-refractivity contribution in [2.75, 3.05) is 6.61 Å². The molecule has 0 spiro atoms. The van der Waals surface area contributed by atoms with Gasteiger partial charge in [-0.15, -0.1) is 0 Å². The number of hydrogen-bond donors (Lipinski definition) is 1. The second-order valence-corrected chi connectivity index (χ2v) is 5.23. The van der Waals surface area contributed by atoms with Crippen molar-refractivity contribution in [3.05, 3.63) is 72.4 Å². The van der Waals surface area contributed by atoms with E-state index >= 15 is 0 Å². The molecule has 0 aliphatic rings. The van der Waals surface area contributed by atoms with Gasteiger partial charge in [0.05, 0.1) is 16.8 Å². The van der Waals surface area contributed by atoms with Crippen LogP contribution in [0, 0.1) is 0 Å². The van der Waals surface area contributed by atoms with Gasteiger partial charge >= 0.3 is 0 Å². The van der Waals surface area contributed by atoms with E-state index in [1.807, 2.05) is 18.2 Å². The number of carbonyl (C=O) groups excluding carboxylic acids is 2. The number of fused-ring (bicyclic) bond motifs is 1. The fourth-order valence-corrected chi connectivity index (χ4v) is 2.66. The van der Waals surface area contributed by atoms with Crippen LogP contribution >= 0.6 is 0 Å². The first kappa shape index (κ1) is 15.6. The Labute approximate surface area is 139 Å². The van der Waals surface area contributed by atoms with Crippen molar-refractivity contribution in [3.8, 4) is 11.4 Å². The molecule has 3 rings (SSSR count). The summed E-state index contributed by atoms with van der Waals surface area (Å²) >= 11 is 0. The van der Waals surface area contributed by atoms with Crippen molar-refractivity contribution in [2.24, 2.45) is 5.73 Å². The number of hydrogen-bond acceptors (Lipinski definition) is 3. The van der Waals surface area contributed by atoms with Crippen LogP contribution in [0.5, 0.6) is 5.75 Å². The van der Waals surface area contributed by atoms with Crippen molar-refractivity contribution in [1.82, 2.24) is 4.57 Å². The minimum atomic E-state index is -0.522. The molecular formula is C19H16N2O3. The monoisotopic (exact) mass is 320 g/mol. The van der Waals surface area contributed by atoms with E-state index in [9.17, 15) is 9.59 Å². The first-order valence-electron chi connectivity index (χ1n) is 7.39. The van der Waals surface area contributed by atoms with Crippen molar-refractivity contribution < 1.29 is 14.3 Å². The van der Waals surface area contributed by atoms with Crippen molar-refractivity contribution in [2.45, 2.75) is 0 Å². The standard InChI is InChI=1S/C19H16N2O3/c1-2-9-24-14-7-8-18-16(10-14)13(12-22)11-21(18)17-6-4-3-5-15(17)19(20)23/h2-8,10-12H,1,9H2,(H2,20,23). The molecule has 0 aliphatic heterocycles. The molecule has 0 bridgehead atoms. The third kappa shape index (κ3) is 2.67. The zero-order valence-corrected chi connectivity index (χ0v) is 12.9. The first-order valence-corrected chi connectivity index (χ1v) is 7.39. The van der Waals surface area contributed by atoms with Crippen molar-refractivity contribution in [1.29, 1.82) is 0 Å². The summed E-state index contributed by atoms with van der Waals surface area (Å²) < 4.78 is 7.31. The maximum atomic E-state index is 11.7. The van der Waals surface area contributed by atoms with E-state index in [-0.39, 0.29) is 0 Å². The summed E-state index contributed by atoms with van der Waals surface area (Å²) in [6, 6.07) is 12.5. The third-order valence-corrected chi connectivity index (χ3v) is 3.73. The normalized spacial score (nSPS) is 10.5. The predicted octanol–water partition coefficient (Wildman–Crippen LogP) is 3.11. The highest BCUT2D eigenvalue weighted by Gasteiger charge is 2.15. The number of amides is 1. The molecule has 0 fully saturated rings. The summed E-state index contributed by atoms with van der Waals surface area (Å²) in [6.45, 7) is 3.99. The average Bonchev–Trinajstić information content (AvgIpc) is 2.97. The molecule has 0 radical (unpaired) electrons. The van der Waals surface area contributed by atoms with E-state index < -0.39 is 5.91 Å². The molecular weight excluding hydrogens is 304 g/mol. The Balaban J connectivity index is 2.21. The van der Waals surface area contributed by atoms with Gasteiger partial charge in [0.25, 0.3) is 5.91 Å². The van der Waals surface area contributed by atoms with E-state index in [0.29, 0.717) is 29.2 Å². The summed E-state index contributed by atoms with van der Waals surface area (Å²) in [6.07, 6.45) is 4.12. The molecule has 0 aliphatic carbocycles. The highest BCUT2D eigenvalue weighted by molar-refractivity contribution is 6.01. The van der Waals surface area contributed by atoms with Gasteiger partial charge in [0, 0.05) is 17.1 Å². The number of aromatic nitrogens is 1. The van der Waals surface area contributed by atoms with E-state index in [2.05, 4.69) is 6.58 Å². The lowest BCUT2D eigenvalue weighted by atomic mass is 10.1. The molecule has 1 amide bonds. The van der Waals surface area contributed by atoms with Gasteiger partial charge in [-0.25, -0.2) is 0 Å². The van der Waals surface area contributed by atoms with Crippen molar-refractivity contribution >= 4 is 23.1 Å². The van der Waals surface area contributed by atoms with Crippen LogP contribution in [0.15, 0.2) is 61.3 Å². The van der Waals surface area contributed by atoms with Gasteiger partial charge in [0.15, 0.2) is 6.29 Å². The molecule has 24 heavy (non-hydrogen) atoms. The van der Waals surface area contributed by atoms with Crippen LogP contribution in [0.2, 0.25) is 0 Å². The minimum absolute atomic E-state index is 0.382. The summed E-state index contributed by atoms with van der Waals surface area (Å²) in [5, 5.41) is 0.742. The van der Waals surface area contributed by atoms with Crippen LogP contribution in [0.3, 0.4) is 0 Å². The van der Waals surface area contributed by atoms with Gasteiger partial charge in [-0.2, -0.15) is 0 Å². The van der Waals surface area contributed by atoms with Gasteiger partial charge in [-0.3, -0.25) is 9.59 Å². The number of rotatable bonds is 6. The molecule has 5 nitrogen and oxygen atoms in total. The predicted molar refractivity (Wildman–Crippen MR) is 92.9 cm³/mol. The SMILES string of the molecule is C=CCOc1ccc2c(c1)c(C=O)cn2-c1ccccc1C(N)=O. The van der Waals surface area contributed by atoms with Crippen LogP contribution < -0.4 is 10.5 Å². The minimum Gasteiger partial charge on any atom is -0.490 e. The Kier molecular flexibility index (Phi) is 4.16. The number of aldehydes is 1. The number of nitrogens with two attached hydrogens (primary N) is 1. The van der Waals surface area contributed by atoms with Crippen LogP contribution in [0.1, 0.15) is 20.7 Å². The van der Waals surface area contributed by atoms with Crippen molar-refractivity contribution in [3.63, 3.8) is 0 Å². The fraction of sp³-hybridized carbons (Fsp3) is 0.0526. The molecule has 3 aromatic rings. The number of nitrogens with zero attached hydrogens (tertiary/aromatic N) is 1. The number of para-hydroxylation sites is 1. The van der Waals surface area contributed by atoms with Gasteiger partial charge in [-0.05, 0) is 30.3 Å². The van der Waals surface area contributed by atoms with Crippen LogP contribution in [-0.2, 0) is 0 Å². The molecule has 0 atom stereocenters. The number of benzene rings is 2. The maximum Gasteiger partial charge on any atom is 0.250 e. The number of primary amides is 1. The van der Waals surface area contributed by atoms with E-state index in [4.69, 9.17) is 10.5 Å². The summed E-state index contributed by atoms with van der Waals surface area (Å²) in [4.78, 5) is 23.1. The van der Waals surface area contributed by atoms with E-state index in [0.717, 1.165) is 17.2 Å². The highest BCUT2D eigenvalue weighted by atomic mass is 16.5. The Hall–Kier alpha value is -3.34. The second-order valence-electron chi connectivity index (χ2n) is 5.23. The van der Waals surface area contributed by atoms with Gasteiger partial charge in [-0.1, -0.05) is 24.8 Å². The highest BCUT2D eigenvalue weighted by Crippen LogP contribution is 2.29. The quantitative estimate of drug-likeness (QED) is 0.560. The lowest BCUT2D eigenvalue weighted by Gasteiger charge is -2.10. The van der Waals surface area contributed by atoms with E-state index in [1.165, 1.54) is 0 Å². The number of ether oxygens (including phenoxy) is 1. The molecule has 1 aromatic heterocycles. The molecule has 0 saturated heterocycles. The summed E-state index contributed by atoms with van der Waals surface area (Å²) in [5.41, 5.74) is 7.77. The second kappa shape index (κ2) is 6.42. The lowest BCUT2D eigenvalue weighted by Crippen LogP contribution is -2.14. The fourth-order valence-electron chi connectivity index (χ4n) is 2.66. The molecule has 0 unspecified atom stereocenters.